The second-order valence-corrected chi connectivity index (χ2v) is 8.07. The minimum atomic E-state index is -4.38. The topological polar surface area (TPSA) is 91.3 Å². The van der Waals surface area contributed by atoms with Crippen LogP contribution in [-0.2, 0) is 16.4 Å². The van der Waals surface area contributed by atoms with E-state index in [9.17, 15) is 21.6 Å². The van der Waals surface area contributed by atoms with E-state index in [1.807, 2.05) is 0 Å². The molecule has 0 spiro atoms. The molecule has 3 N–H and O–H groups in total. The molecule has 146 valence electrons. The van der Waals surface area contributed by atoms with Gasteiger partial charge < -0.3 is 10.4 Å². The maximum Gasteiger partial charge on any atom is 0.408 e. The van der Waals surface area contributed by atoms with Gasteiger partial charge in [0.15, 0.2) is 0 Å². The van der Waals surface area contributed by atoms with Crippen LogP contribution in [0.4, 0.5) is 19.0 Å². The Morgan fingerprint density at radius 2 is 1.96 bits per heavy atom. The molecule has 2 heterocycles. The summed E-state index contributed by atoms with van der Waals surface area (Å²) in [4.78, 5) is 3.97. The summed E-state index contributed by atoms with van der Waals surface area (Å²) in [5, 5.41) is 11.4. The molecule has 0 saturated heterocycles. The van der Waals surface area contributed by atoms with E-state index in [0.29, 0.717) is 16.7 Å². The van der Waals surface area contributed by atoms with Crippen LogP contribution in [0.15, 0.2) is 41.4 Å². The molecule has 0 fully saturated rings. The van der Waals surface area contributed by atoms with Crippen molar-refractivity contribution in [2.45, 2.75) is 36.5 Å². The Kier molecular flexibility index (Phi) is 5.15. The van der Waals surface area contributed by atoms with E-state index in [2.05, 4.69) is 15.0 Å². The van der Waals surface area contributed by atoms with Gasteiger partial charge in [0.1, 0.15) is 11.9 Å². The maximum absolute atomic E-state index is 13.0. The number of alkyl halides is 3. The first-order valence-electron chi connectivity index (χ1n) is 8.16. The van der Waals surface area contributed by atoms with Crippen LogP contribution in [0.5, 0.6) is 0 Å². The first kappa shape index (κ1) is 19.6. The van der Waals surface area contributed by atoms with Crippen molar-refractivity contribution < 1.29 is 26.7 Å². The number of aliphatic hydroxyl groups is 1. The number of benzene rings is 1. The highest BCUT2D eigenvalue weighted by Crippen LogP contribution is 2.38. The molecule has 27 heavy (non-hydrogen) atoms. The molecule has 1 aromatic carbocycles. The lowest BCUT2D eigenvalue weighted by atomic mass is 9.99. The summed E-state index contributed by atoms with van der Waals surface area (Å²) in [6.45, 7) is 1.18. The summed E-state index contributed by atoms with van der Waals surface area (Å²) in [5.74, 6) is 0.185. The van der Waals surface area contributed by atoms with Crippen LogP contribution < -0.4 is 10.0 Å². The van der Waals surface area contributed by atoms with Crippen molar-refractivity contribution in [2.24, 2.45) is 0 Å². The highest BCUT2D eigenvalue weighted by Gasteiger charge is 2.44. The molecule has 2 aromatic rings. The molecule has 1 aliphatic rings. The van der Waals surface area contributed by atoms with Crippen molar-refractivity contribution >= 4 is 15.8 Å². The Labute approximate surface area is 154 Å². The van der Waals surface area contributed by atoms with Gasteiger partial charge >= 0.3 is 6.18 Å². The number of hydrogen-bond acceptors (Lipinski definition) is 5. The average molecular weight is 401 g/mol. The van der Waals surface area contributed by atoms with Crippen molar-refractivity contribution in [3.8, 4) is 11.1 Å². The molecule has 1 aromatic heterocycles. The Balaban J connectivity index is 1.89. The lowest BCUT2D eigenvalue weighted by Crippen LogP contribution is -2.34. The van der Waals surface area contributed by atoms with Crippen LogP contribution in [0.2, 0.25) is 0 Å². The number of sulfonamides is 1. The molecule has 0 saturated carbocycles. The number of aromatic nitrogens is 1. The van der Waals surface area contributed by atoms with E-state index < -0.39 is 28.3 Å². The Hall–Kier alpha value is -2.17. The quantitative estimate of drug-likeness (QED) is 0.715. The highest BCUT2D eigenvalue weighted by molar-refractivity contribution is 7.89. The summed E-state index contributed by atoms with van der Waals surface area (Å²) in [6, 6.07) is 5.10. The molecule has 2 atom stereocenters. The van der Waals surface area contributed by atoms with Crippen molar-refractivity contribution in [3.63, 3.8) is 0 Å². The smallest absolute Gasteiger partial charge is 0.395 e. The van der Waals surface area contributed by atoms with Gasteiger partial charge in [0.05, 0.1) is 11.5 Å². The zero-order valence-electron chi connectivity index (χ0n) is 14.3. The SMILES string of the molecule is C[C@@H](CO)NS(=O)(=O)c1ccc(-c2ccnc3c2CC(C(F)(F)F)N3)cc1. The van der Waals surface area contributed by atoms with E-state index >= 15 is 0 Å². The number of nitrogens with one attached hydrogen (secondary N) is 2. The van der Waals surface area contributed by atoms with Gasteiger partial charge in [-0.1, -0.05) is 12.1 Å². The number of pyridine rings is 1. The molecule has 0 aliphatic carbocycles. The summed E-state index contributed by atoms with van der Waals surface area (Å²) in [6.07, 6.45) is -3.21. The third-order valence-electron chi connectivity index (χ3n) is 4.28. The second-order valence-electron chi connectivity index (χ2n) is 6.36. The van der Waals surface area contributed by atoms with Crippen LogP contribution in [0.25, 0.3) is 11.1 Å². The van der Waals surface area contributed by atoms with Crippen molar-refractivity contribution in [3.05, 3.63) is 42.1 Å². The number of hydrogen-bond donors (Lipinski definition) is 3. The van der Waals surface area contributed by atoms with Gasteiger partial charge in [-0.05, 0) is 36.2 Å². The van der Waals surface area contributed by atoms with Crippen molar-refractivity contribution in [1.82, 2.24) is 9.71 Å². The molecule has 6 nitrogen and oxygen atoms in total. The lowest BCUT2D eigenvalue weighted by molar-refractivity contribution is -0.140. The summed E-state index contributed by atoms with van der Waals surface area (Å²) in [5.41, 5.74) is 1.61. The Bertz CT molecular complexity index is 931. The van der Waals surface area contributed by atoms with E-state index in [1.54, 1.807) is 6.07 Å². The van der Waals surface area contributed by atoms with Gasteiger partial charge in [-0.3, -0.25) is 0 Å². The zero-order chi connectivity index (χ0) is 19.8. The fraction of sp³-hybridized carbons (Fsp3) is 0.353. The predicted octanol–water partition coefficient (Wildman–Crippen LogP) is 2.31. The van der Waals surface area contributed by atoms with Gasteiger partial charge in [0.25, 0.3) is 0 Å². The van der Waals surface area contributed by atoms with Gasteiger partial charge in [-0.2, -0.15) is 13.2 Å². The van der Waals surface area contributed by atoms with Crippen molar-refractivity contribution in [1.29, 1.82) is 0 Å². The maximum atomic E-state index is 13.0. The summed E-state index contributed by atoms with van der Waals surface area (Å²) < 4.78 is 65.8. The molecule has 3 rings (SSSR count). The second kappa shape index (κ2) is 7.10. The molecular weight excluding hydrogens is 383 g/mol. The Morgan fingerprint density at radius 1 is 1.30 bits per heavy atom. The summed E-state index contributed by atoms with van der Waals surface area (Å²) >= 11 is 0. The van der Waals surface area contributed by atoms with E-state index in [0.717, 1.165) is 0 Å². The van der Waals surface area contributed by atoms with Gasteiger partial charge in [-0.15, -0.1) is 0 Å². The normalized spacial score (nSPS) is 18.0. The monoisotopic (exact) mass is 401 g/mol. The molecule has 0 bridgehead atoms. The van der Waals surface area contributed by atoms with E-state index in [-0.39, 0.29) is 23.7 Å². The largest absolute Gasteiger partial charge is 0.408 e. The fourth-order valence-electron chi connectivity index (χ4n) is 2.90. The number of halogens is 3. The standard InChI is InChI=1S/C17H18F3N3O3S/c1-10(9-24)23-27(25,26)12-4-2-11(3-5-12)13-6-7-21-16-14(13)8-15(22-16)17(18,19)20/h2-7,10,15,23-24H,8-9H2,1H3,(H,21,22)/t10-,15?/m0/s1. The number of rotatable bonds is 5. The lowest BCUT2D eigenvalue weighted by Gasteiger charge is -2.14. The predicted molar refractivity (Wildman–Crippen MR) is 93.7 cm³/mol. The number of nitrogens with zero attached hydrogens (tertiary/aromatic N) is 1. The minimum absolute atomic E-state index is 0.00328. The van der Waals surface area contributed by atoms with Crippen LogP contribution >= 0.6 is 0 Å². The minimum Gasteiger partial charge on any atom is -0.395 e. The Morgan fingerprint density at radius 3 is 2.56 bits per heavy atom. The van der Waals surface area contributed by atoms with Gasteiger partial charge in [0.2, 0.25) is 10.0 Å². The molecule has 0 amide bonds. The van der Waals surface area contributed by atoms with Crippen LogP contribution in [0, 0.1) is 0 Å². The van der Waals surface area contributed by atoms with Crippen molar-refractivity contribution in [2.75, 3.05) is 11.9 Å². The molecule has 1 aliphatic heterocycles. The highest BCUT2D eigenvalue weighted by atomic mass is 32.2. The fourth-order valence-corrected chi connectivity index (χ4v) is 4.13. The first-order valence-corrected chi connectivity index (χ1v) is 9.65. The van der Waals surface area contributed by atoms with E-state index in [1.165, 1.54) is 37.4 Å². The van der Waals surface area contributed by atoms with Crippen LogP contribution in [-0.4, -0.2) is 43.4 Å². The molecule has 1 unspecified atom stereocenters. The first-order chi connectivity index (χ1) is 12.6. The third kappa shape index (κ3) is 4.07. The number of fused-ring (bicyclic) bond motifs is 1. The molecular formula is C17H18F3N3O3S. The average Bonchev–Trinajstić information content (AvgIpc) is 3.06. The van der Waals surface area contributed by atoms with Crippen LogP contribution in [0.1, 0.15) is 12.5 Å². The molecule has 10 heteroatoms. The number of anilines is 1. The van der Waals surface area contributed by atoms with Crippen LogP contribution in [0.3, 0.4) is 0 Å². The van der Waals surface area contributed by atoms with Gasteiger partial charge in [0, 0.05) is 24.2 Å². The summed E-state index contributed by atoms with van der Waals surface area (Å²) in [7, 11) is -3.79. The third-order valence-corrected chi connectivity index (χ3v) is 5.88. The van der Waals surface area contributed by atoms with E-state index in [4.69, 9.17) is 5.11 Å². The molecule has 0 radical (unpaired) electrons. The number of aliphatic hydroxyl groups excluding tert-OH is 1. The zero-order valence-corrected chi connectivity index (χ0v) is 15.1. The van der Waals surface area contributed by atoms with Gasteiger partial charge in [-0.25, -0.2) is 18.1 Å².